The number of halogens is 1. The predicted molar refractivity (Wildman–Crippen MR) is 88.4 cm³/mol. The Bertz CT molecular complexity index is 598. The molecule has 0 bridgehead atoms. The summed E-state index contributed by atoms with van der Waals surface area (Å²) in [4.78, 5) is 2.13. The highest BCUT2D eigenvalue weighted by Crippen LogP contribution is 2.35. The highest BCUT2D eigenvalue weighted by Gasteiger charge is 2.15. The Balaban J connectivity index is 2.28. The van der Waals surface area contributed by atoms with Crippen molar-refractivity contribution >= 4 is 11.8 Å². The molecule has 1 atom stereocenters. The highest BCUT2D eigenvalue weighted by molar-refractivity contribution is 7.99. The van der Waals surface area contributed by atoms with Gasteiger partial charge in [0.25, 0.3) is 0 Å². The fourth-order valence-corrected chi connectivity index (χ4v) is 3.47. The van der Waals surface area contributed by atoms with Crippen LogP contribution in [0.1, 0.15) is 37.4 Å². The smallest absolute Gasteiger partial charge is 0.129 e. The van der Waals surface area contributed by atoms with E-state index < -0.39 is 0 Å². The fraction of sp³-hybridized carbons (Fsp3) is 0.333. The van der Waals surface area contributed by atoms with Crippen molar-refractivity contribution in [3.8, 4) is 0 Å². The van der Waals surface area contributed by atoms with Crippen molar-refractivity contribution < 1.29 is 4.39 Å². The fourth-order valence-electron chi connectivity index (χ4n) is 2.30. The second-order valence-electron chi connectivity index (χ2n) is 5.25. The summed E-state index contributed by atoms with van der Waals surface area (Å²) in [7, 11) is 0. The SMILES string of the molecule is CCCNC(C)c1c(F)cccc1Sc1cccc(C)c1. The van der Waals surface area contributed by atoms with Gasteiger partial charge < -0.3 is 5.32 Å². The molecule has 0 spiro atoms. The van der Waals surface area contributed by atoms with Gasteiger partial charge in [0.1, 0.15) is 5.82 Å². The van der Waals surface area contributed by atoms with Crippen LogP contribution >= 0.6 is 11.8 Å². The summed E-state index contributed by atoms with van der Waals surface area (Å²) in [5.74, 6) is -0.135. The van der Waals surface area contributed by atoms with Crippen LogP contribution in [0.3, 0.4) is 0 Å². The predicted octanol–water partition coefficient (Wildman–Crippen LogP) is 5.35. The lowest BCUT2D eigenvalue weighted by molar-refractivity contribution is 0.519. The molecule has 0 saturated heterocycles. The number of aryl methyl sites for hydroxylation is 1. The molecule has 112 valence electrons. The molecule has 1 unspecified atom stereocenters. The van der Waals surface area contributed by atoms with Gasteiger partial charge in [0.2, 0.25) is 0 Å². The van der Waals surface area contributed by atoms with Crippen molar-refractivity contribution in [3.05, 3.63) is 59.4 Å². The highest BCUT2D eigenvalue weighted by atomic mass is 32.2. The van der Waals surface area contributed by atoms with Crippen molar-refractivity contribution in [2.45, 2.75) is 43.0 Å². The Morgan fingerprint density at radius 3 is 2.67 bits per heavy atom. The van der Waals surface area contributed by atoms with Crippen molar-refractivity contribution in [1.29, 1.82) is 0 Å². The van der Waals surface area contributed by atoms with E-state index in [0.29, 0.717) is 0 Å². The van der Waals surface area contributed by atoms with Gasteiger partial charge in [0.15, 0.2) is 0 Å². The van der Waals surface area contributed by atoms with Crippen LogP contribution in [0.15, 0.2) is 52.3 Å². The summed E-state index contributed by atoms with van der Waals surface area (Å²) in [5.41, 5.74) is 1.98. The van der Waals surface area contributed by atoms with E-state index in [2.05, 4.69) is 37.4 Å². The van der Waals surface area contributed by atoms with E-state index in [1.54, 1.807) is 23.9 Å². The van der Waals surface area contributed by atoms with E-state index in [-0.39, 0.29) is 11.9 Å². The van der Waals surface area contributed by atoms with Gasteiger partial charge in [-0.2, -0.15) is 0 Å². The average Bonchev–Trinajstić information content (AvgIpc) is 2.45. The van der Waals surface area contributed by atoms with E-state index in [1.807, 2.05) is 19.1 Å². The zero-order valence-electron chi connectivity index (χ0n) is 12.8. The van der Waals surface area contributed by atoms with Gasteiger partial charge in [0, 0.05) is 21.4 Å². The number of nitrogens with one attached hydrogen (secondary N) is 1. The van der Waals surface area contributed by atoms with Gasteiger partial charge in [-0.15, -0.1) is 0 Å². The summed E-state index contributed by atoms with van der Waals surface area (Å²) < 4.78 is 14.3. The normalized spacial score (nSPS) is 12.4. The maximum Gasteiger partial charge on any atom is 0.129 e. The van der Waals surface area contributed by atoms with Gasteiger partial charge in [-0.3, -0.25) is 0 Å². The second kappa shape index (κ2) is 7.62. The Labute approximate surface area is 131 Å². The molecule has 0 aliphatic carbocycles. The van der Waals surface area contributed by atoms with Crippen molar-refractivity contribution in [1.82, 2.24) is 5.32 Å². The molecule has 0 saturated carbocycles. The molecule has 0 heterocycles. The van der Waals surface area contributed by atoms with Crippen LogP contribution in [0.2, 0.25) is 0 Å². The molecule has 2 aromatic rings. The first-order chi connectivity index (χ1) is 10.1. The average molecular weight is 303 g/mol. The summed E-state index contributed by atoms with van der Waals surface area (Å²) in [6, 6.07) is 13.6. The molecular formula is C18H22FNS. The second-order valence-corrected chi connectivity index (χ2v) is 6.36. The minimum absolute atomic E-state index is 0.0125. The molecule has 21 heavy (non-hydrogen) atoms. The Morgan fingerprint density at radius 2 is 1.95 bits per heavy atom. The third-order valence-corrected chi connectivity index (χ3v) is 4.43. The number of hydrogen-bond acceptors (Lipinski definition) is 2. The topological polar surface area (TPSA) is 12.0 Å². The van der Waals surface area contributed by atoms with E-state index >= 15 is 0 Å². The van der Waals surface area contributed by atoms with Crippen molar-refractivity contribution in [3.63, 3.8) is 0 Å². The minimum atomic E-state index is -0.135. The summed E-state index contributed by atoms with van der Waals surface area (Å²) in [6.45, 7) is 7.10. The third kappa shape index (κ3) is 4.32. The monoisotopic (exact) mass is 303 g/mol. The quantitative estimate of drug-likeness (QED) is 0.772. The van der Waals surface area contributed by atoms with Crippen LogP contribution in [-0.4, -0.2) is 6.54 Å². The Hall–Kier alpha value is -1.32. The van der Waals surface area contributed by atoms with Gasteiger partial charge in [0.05, 0.1) is 0 Å². The lowest BCUT2D eigenvalue weighted by atomic mass is 10.1. The Morgan fingerprint density at radius 1 is 1.19 bits per heavy atom. The molecule has 2 aromatic carbocycles. The summed E-state index contributed by atoms with van der Waals surface area (Å²) in [5, 5.41) is 3.37. The molecule has 3 heteroatoms. The molecule has 0 aliphatic rings. The molecule has 0 aliphatic heterocycles. The van der Waals surface area contributed by atoms with Crippen LogP contribution in [0.25, 0.3) is 0 Å². The molecule has 0 amide bonds. The molecule has 0 fully saturated rings. The van der Waals surface area contributed by atoms with Crippen molar-refractivity contribution in [2.75, 3.05) is 6.54 Å². The first-order valence-corrected chi connectivity index (χ1v) is 8.19. The van der Waals surface area contributed by atoms with Gasteiger partial charge in [-0.05, 0) is 51.1 Å². The molecule has 2 rings (SSSR count). The van der Waals surface area contributed by atoms with Crippen LogP contribution in [-0.2, 0) is 0 Å². The van der Waals surface area contributed by atoms with Gasteiger partial charge in [-0.1, -0.05) is 42.4 Å². The number of hydrogen-bond donors (Lipinski definition) is 1. The maximum atomic E-state index is 14.3. The van der Waals surface area contributed by atoms with Crippen molar-refractivity contribution in [2.24, 2.45) is 0 Å². The van der Waals surface area contributed by atoms with Crippen LogP contribution in [0.5, 0.6) is 0 Å². The minimum Gasteiger partial charge on any atom is -0.310 e. The molecule has 0 radical (unpaired) electrons. The summed E-state index contributed by atoms with van der Waals surface area (Å²) >= 11 is 1.62. The molecule has 1 nitrogen and oxygen atoms in total. The number of rotatable bonds is 6. The van der Waals surface area contributed by atoms with E-state index in [0.717, 1.165) is 28.3 Å². The van der Waals surface area contributed by atoms with Crippen LogP contribution < -0.4 is 5.32 Å². The molecule has 1 N–H and O–H groups in total. The summed E-state index contributed by atoms with van der Waals surface area (Å²) in [6.07, 6.45) is 1.04. The number of benzene rings is 2. The largest absolute Gasteiger partial charge is 0.310 e. The lowest BCUT2D eigenvalue weighted by Crippen LogP contribution is -2.20. The molecular weight excluding hydrogens is 281 g/mol. The third-order valence-electron chi connectivity index (χ3n) is 3.36. The first kappa shape index (κ1) is 16.1. The van der Waals surface area contributed by atoms with Crippen LogP contribution in [0.4, 0.5) is 4.39 Å². The van der Waals surface area contributed by atoms with Gasteiger partial charge in [-0.25, -0.2) is 4.39 Å². The standard InChI is InChI=1S/C18H22FNS/c1-4-11-20-14(3)18-16(19)9-6-10-17(18)21-15-8-5-7-13(2)12-15/h5-10,12,14,20H,4,11H2,1-3H3. The first-order valence-electron chi connectivity index (χ1n) is 7.38. The zero-order valence-corrected chi connectivity index (χ0v) is 13.6. The Kier molecular flexibility index (Phi) is 5.83. The van der Waals surface area contributed by atoms with E-state index in [4.69, 9.17) is 0 Å². The molecule has 0 aromatic heterocycles. The van der Waals surface area contributed by atoms with Crippen LogP contribution in [0, 0.1) is 12.7 Å². The van der Waals surface area contributed by atoms with E-state index in [1.165, 1.54) is 5.56 Å². The van der Waals surface area contributed by atoms with E-state index in [9.17, 15) is 4.39 Å². The zero-order chi connectivity index (χ0) is 15.2. The van der Waals surface area contributed by atoms with Gasteiger partial charge >= 0.3 is 0 Å². The maximum absolute atomic E-state index is 14.3. The lowest BCUT2D eigenvalue weighted by Gasteiger charge is -2.18.